The van der Waals surface area contributed by atoms with E-state index >= 15 is 0 Å². The van der Waals surface area contributed by atoms with Gasteiger partial charge in [-0.15, -0.1) is 11.3 Å². The van der Waals surface area contributed by atoms with Gasteiger partial charge in [-0.25, -0.2) is 4.98 Å². The predicted molar refractivity (Wildman–Crippen MR) is 97.2 cm³/mol. The quantitative estimate of drug-likeness (QED) is 0.596. The van der Waals surface area contributed by atoms with Gasteiger partial charge in [0.15, 0.2) is 0 Å². The normalized spacial score (nSPS) is 10.7. The Kier molecular flexibility index (Phi) is 3.76. The number of thiazole rings is 1. The average molecular weight is 331 g/mol. The summed E-state index contributed by atoms with van der Waals surface area (Å²) >= 11 is 1.64. The summed E-state index contributed by atoms with van der Waals surface area (Å²) in [5.74, 6) is -0.225. The summed E-state index contributed by atoms with van der Waals surface area (Å²) in [5, 5.41) is 3.81. The van der Waals surface area contributed by atoms with E-state index in [0.717, 1.165) is 26.5 Å². The molecule has 4 rings (SSSR count). The number of amides is 1. The number of para-hydroxylation sites is 1. The Balaban J connectivity index is 1.63. The number of fused-ring (bicyclic) bond motifs is 1. The summed E-state index contributed by atoms with van der Waals surface area (Å²) < 4.78 is 1.15. The van der Waals surface area contributed by atoms with Crippen LogP contribution in [0.3, 0.4) is 0 Å². The van der Waals surface area contributed by atoms with Crippen molar-refractivity contribution in [2.75, 3.05) is 5.32 Å². The summed E-state index contributed by atoms with van der Waals surface area (Å²) in [6.45, 7) is 0. The molecule has 0 aliphatic rings. The number of benzene rings is 2. The number of hydrogen-bond acceptors (Lipinski definition) is 4. The van der Waals surface area contributed by atoms with Gasteiger partial charge in [-0.05, 0) is 36.4 Å². The van der Waals surface area contributed by atoms with Crippen molar-refractivity contribution in [3.8, 4) is 10.6 Å². The first-order valence-corrected chi connectivity index (χ1v) is 8.30. The monoisotopic (exact) mass is 331 g/mol. The van der Waals surface area contributed by atoms with Gasteiger partial charge >= 0.3 is 0 Å². The fourth-order valence-corrected chi connectivity index (χ4v) is 3.38. The lowest BCUT2D eigenvalue weighted by Crippen LogP contribution is -2.13. The highest BCUT2D eigenvalue weighted by Gasteiger charge is 2.09. The van der Waals surface area contributed by atoms with Gasteiger partial charge in [0, 0.05) is 17.4 Å². The van der Waals surface area contributed by atoms with Crippen LogP contribution in [-0.2, 0) is 0 Å². The largest absolute Gasteiger partial charge is 0.321 e. The highest BCUT2D eigenvalue weighted by molar-refractivity contribution is 7.21. The van der Waals surface area contributed by atoms with Crippen LogP contribution < -0.4 is 5.32 Å². The van der Waals surface area contributed by atoms with Crippen molar-refractivity contribution in [2.24, 2.45) is 0 Å². The van der Waals surface area contributed by atoms with Crippen LogP contribution in [0.1, 0.15) is 10.5 Å². The van der Waals surface area contributed by atoms with E-state index in [-0.39, 0.29) is 5.91 Å². The molecule has 0 atom stereocenters. The molecule has 4 aromatic rings. The minimum atomic E-state index is -0.225. The SMILES string of the molecule is O=C(Nc1cccc(-c2nc3ccccc3s2)c1)c1ccccn1. The Labute approximate surface area is 142 Å². The van der Waals surface area contributed by atoms with Gasteiger partial charge in [-0.2, -0.15) is 0 Å². The number of carbonyl (C=O) groups is 1. The number of rotatable bonds is 3. The zero-order valence-corrected chi connectivity index (χ0v) is 13.5. The molecule has 0 bridgehead atoms. The van der Waals surface area contributed by atoms with Crippen LogP contribution in [-0.4, -0.2) is 15.9 Å². The molecule has 0 saturated heterocycles. The molecule has 116 valence electrons. The Morgan fingerprint density at radius 3 is 2.67 bits per heavy atom. The van der Waals surface area contributed by atoms with Crippen LogP contribution in [0.25, 0.3) is 20.8 Å². The maximum atomic E-state index is 12.2. The molecule has 0 aliphatic heterocycles. The lowest BCUT2D eigenvalue weighted by Gasteiger charge is -2.05. The van der Waals surface area contributed by atoms with E-state index in [1.54, 1.807) is 35.7 Å². The van der Waals surface area contributed by atoms with Gasteiger partial charge < -0.3 is 5.32 Å². The van der Waals surface area contributed by atoms with E-state index in [4.69, 9.17) is 0 Å². The zero-order valence-electron chi connectivity index (χ0n) is 12.6. The maximum Gasteiger partial charge on any atom is 0.274 e. The van der Waals surface area contributed by atoms with E-state index in [1.807, 2.05) is 42.5 Å². The van der Waals surface area contributed by atoms with Crippen LogP contribution >= 0.6 is 11.3 Å². The third-order valence-corrected chi connectivity index (χ3v) is 4.64. The standard InChI is InChI=1S/C19H13N3OS/c23-18(16-9-3-4-11-20-16)21-14-7-5-6-13(12-14)19-22-15-8-1-2-10-17(15)24-19/h1-12H,(H,21,23). The third kappa shape index (κ3) is 2.89. The minimum absolute atomic E-state index is 0.225. The first-order chi connectivity index (χ1) is 11.8. The number of pyridine rings is 1. The fraction of sp³-hybridized carbons (Fsp3) is 0. The van der Waals surface area contributed by atoms with Crippen molar-refractivity contribution < 1.29 is 4.79 Å². The molecule has 0 spiro atoms. The first kappa shape index (κ1) is 14.5. The fourth-order valence-electron chi connectivity index (χ4n) is 2.42. The number of nitrogens with one attached hydrogen (secondary N) is 1. The lowest BCUT2D eigenvalue weighted by molar-refractivity contribution is 0.102. The van der Waals surface area contributed by atoms with Crippen LogP contribution in [0.5, 0.6) is 0 Å². The van der Waals surface area contributed by atoms with Gasteiger partial charge in [0.25, 0.3) is 5.91 Å². The number of aromatic nitrogens is 2. The predicted octanol–water partition coefficient (Wildman–Crippen LogP) is 4.61. The molecular weight excluding hydrogens is 318 g/mol. The van der Waals surface area contributed by atoms with Crippen molar-refractivity contribution >= 4 is 33.1 Å². The highest BCUT2D eigenvalue weighted by atomic mass is 32.1. The molecule has 0 fully saturated rings. The molecule has 4 nitrogen and oxygen atoms in total. The third-order valence-electron chi connectivity index (χ3n) is 3.56. The first-order valence-electron chi connectivity index (χ1n) is 7.48. The van der Waals surface area contributed by atoms with E-state index in [9.17, 15) is 4.79 Å². The van der Waals surface area contributed by atoms with E-state index < -0.39 is 0 Å². The molecular formula is C19H13N3OS. The van der Waals surface area contributed by atoms with Gasteiger partial charge in [0.2, 0.25) is 0 Å². The second-order valence-corrected chi connectivity index (χ2v) is 6.27. The van der Waals surface area contributed by atoms with Crippen LogP contribution in [0.2, 0.25) is 0 Å². The molecule has 2 heterocycles. The van der Waals surface area contributed by atoms with E-state index in [0.29, 0.717) is 5.69 Å². The van der Waals surface area contributed by atoms with Crippen LogP contribution in [0.15, 0.2) is 72.9 Å². The second kappa shape index (κ2) is 6.22. The summed E-state index contributed by atoms with van der Waals surface area (Å²) in [6.07, 6.45) is 1.60. The number of carbonyl (C=O) groups excluding carboxylic acids is 1. The van der Waals surface area contributed by atoms with Crippen molar-refractivity contribution in [1.82, 2.24) is 9.97 Å². The molecule has 0 saturated carbocycles. The molecule has 1 amide bonds. The molecule has 2 aromatic carbocycles. The van der Waals surface area contributed by atoms with Gasteiger partial charge in [0.1, 0.15) is 10.7 Å². The summed E-state index contributed by atoms with van der Waals surface area (Å²) in [4.78, 5) is 20.9. The van der Waals surface area contributed by atoms with Crippen molar-refractivity contribution in [3.63, 3.8) is 0 Å². The molecule has 0 unspecified atom stereocenters. The molecule has 0 aliphatic carbocycles. The Hall–Kier alpha value is -3.05. The topological polar surface area (TPSA) is 54.9 Å². The summed E-state index contributed by atoms with van der Waals surface area (Å²) in [6, 6.07) is 21.0. The smallest absolute Gasteiger partial charge is 0.274 e. The Morgan fingerprint density at radius 1 is 0.958 bits per heavy atom. The van der Waals surface area contributed by atoms with Gasteiger partial charge in [-0.3, -0.25) is 9.78 Å². The van der Waals surface area contributed by atoms with Crippen molar-refractivity contribution in [1.29, 1.82) is 0 Å². The molecule has 0 radical (unpaired) electrons. The zero-order chi connectivity index (χ0) is 16.4. The van der Waals surface area contributed by atoms with Crippen molar-refractivity contribution in [3.05, 3.63) is 78.6 Å². The van der Waals surface area contributed by atoms with E-state index in [1.165, 1.54) is 0 Å². The summed E-state index contributed by atoms with van der Waals surface area (Å²) in [7, 11) is 0. The Morgan fingerprint density at radius 2 is 1.83 bits per heavy atom. The lowest BCUT2D eigenvalue weighted by atomic mass is 10.2. The molecule has 2 aromatic heterocycles. The number of hydrogen-bond donors (Lipinski definition) is 1. The molecule has 1 N–H and O–H groups in total. The molecule has 5 heteroatoms. The summed E-state index contributed by atoms with van der Waals surface area (Å²) in [5.41, 5.74) is 3.08. The number of anilines is 1. The van der Waals surface area contributed by atoms with Gasteiger partial charge in [0.05, 0.1) is 10.2 Å². The Bertz CT molecular complexity index is 978. The molecule has 24 heavy (non-hydrogen) atoms. The number of nitrogens with zero attached hydrogens (tertiary/aromatic N) is 2. The van der Waals surface area contributed by atoms with Crippen LogP contribution in [0, 0.1) is 0 Å². The second-order valence-electron chi connectivity index (χ2n) is 5.24. The van der Waals surface area contributed by atoms with Gasteiger partial charge in [-0.1, -0.05) is 30.3 Å². The highest BCUT2D eigenvalue weighted by Crippen LogP contribution is 2.31. The maximum absolute atomic E-state index is 12.2. The minimum Gasteiger partial charge on any atom is -0.321 e. The van der Waals surface area contributed by atoms with E-state index in [2.05, 4.69) is 21.4 Å². The van der Waals surface area contributed by atoms with Crippen molar-refractivity contribution in [2.45, 2.75) is 0 Å². The van der Waals surface area contributed by atoms with Crippen LogP contribution in [0.4, 0.5) is 5.69 Å². The average Bonchev–Trinajstić information content (AvgIpc) is 3.07.